The fourth-order valence-electron chi connectivity index (χ4n) is 3.04. The van der Waals surface area contributed by atoms with Crippen molar-refractivity contribution >= 4 is 39.4 Å². The molecule has 4 rings (SSSR count). The van der Waals surface area contributed by atoms with Crippen LogP contribution in [0, 0.1) is 0 Å². The zero-order valence-electron chi connectivity index (χ0n) is 15.4. The molecule has 0 unspecified atom stereocenters. The van der Waals surface area contributed by atoms with Crippen LogP contribution in [0.1, 0.15) is 5.56 Å². The molecule has 0 aromatic heterocycles. The van der Waals surface area contributed by atoms with Crippen molar-refractivity contribution in [3.63, 3.8) is 0 Å². The minimum atomic E-state index is -0.0381. The molecule has 6 heteroatoms. The molecule has 0 heterocycles. The van der Waals surface area contributed by atoms with Crippen LogP contribution in [-0.2, 0) is 6.54 Å². The number of para-hydroxylation sites is 1. The molecule has 0 bridgehead atoms. The number of fused-ring (bicyclic) bond motifs is 1. The molecule has 0 amide bonds. The van der Waals surface area contributed by atoms with Gasteiger partial charge in [-0.05, 0) is 41.8 Å². The average molecular weight is 404 g/mol. The van der Waals surface area contributed by atoms with Gasteiger partial charge >= 0.3 is 0 Å². The van der Waals surface area contributed by atoms with E-state index in [4.69, 9.17) is 11.6 Å². The van der Waals surface area contributed by atoms with Gasteiger partial charge in [0.25, 0.3) is 0 Å². The van der Waals surface area contributed by atoms with E-state index in [-0.39, 0.29) is 17.2 Å². The number of phenolic OH excluding ortho intramolecular Hbond substituents is 2. The van der Waals surface area contributed by atoms with Crippen molar-refractivity contribution in [2.45, 2.75) is 6.54 Å². The van der Waals surface area contributed by atoms with Crippen LogP contribution in [0.3, 0.4) is 0 Å². The minimum Gasteiger partial charge on any atom is -0.506 e. The number of anilines is 1. The van der Waals surface area contributed by atoms with E-state index in [0.717, 1.165) is 16.5 Å². The highest BCUT2D eigenvalue weighted by Crippen LogP contribution is 2.40. The summed E-state index contributed by atoms with van der Waals surface area (Å²) in [6.07, 6.45) is 0. The zero-order chi connectivity index (χ0) is 20.2. The van der Waals surface area contributed by atoms with Crippen molar-refractivity contribution in [1.29, 1.82) is 0 Å². The first-order valence-corrected chi connectivity index (χ1v) is 9.42. The fourth-order valence-corrected chi connectivity index (χ4v) is 3.21. The number of nitrogens with zero attached hydrogens (tertiary/aromatic N) is 2. The smallest absolute Gasteiger partial charge is 0.148 e. The Morgan fingerprint density at radius 3 is 2.41 bits per heavy atom. The number of phenols is 2. The van der Waals surface area contributed by atoms with E-state index in [1.165, 1.54) is 12.1 Å². The maximum absolute atomic E-state index is 10.9. The average Bonchev–Trinajstić information content (AvgIpc) is 2.74. The molecule has 0 aliphatic heterocycles. The van der Waals surface area contributed by atoms with E-state index in [2.05, 4.69) is 15.5 Å². The number of azo groups is 1. The van der Waals surface area contributed by atoms with Crippen molar-refractivity contribution in [2.24, 2.45) is 10.2 Å². The Labute approximate surface area is 172 Å². The minimum absolute atomic E-state index is 0.0381. The molecule has 0 spiro atoms. The first-order valence-electron chi connectivity index (χ1n) is 9.04. The van der Waals surface area contributed by atoms with Crippen LogP contribution in [0.5, 0.6) is 11.5 Å². The number of hydrogen-bond acceptors (Lipinski definition) is 5. The van der Waals surface area contributed by atoms with Crippen molar-refractivity contribution in [1.82, 2.24) is 0 Å². The topological polar surface area (TPSA) is 77.2 Å². The molecule has 144 valence electrons. The van der Waals surface area contributed by atoms with Gasteiger partial charge < -0.3 is 15.5 Å². The fraction of sp³-hybridized carbons (Fsp3) is 0.0435. The lowest BCUT2D eigenvalue weighted by Crippen LogP contribution is -1.99. The van der Waals surface area contributed by atoms with Crippen LogP contribution in [0.25, 0.3) is 10.8 Å². The molecule has 0 radical (unpaired) electrons. The van der Waals surface area contributed by atoms with Crippen LogP contribution >= 0.6 is 11.6 Å². The Balaban J connectivity index is 1.74. The number of halogens is 1. The maximum Gasteiger partial charge on any atom is 0.148 e. The quantitative estimate of drug-likeness (QED) is 0.316. The van der Waals surface area contributed by atoms with Gasteiger partial charge in [-0.3, -0.25) is 0 Å². The van der Waals surface area contributed by atoms with Gasteiger partial charge in [-0.25, -0.2) is 0 Å². The summed E-state index contributed by atoms with van der Waals surface area (Å²) in [5.41, 5.74) is 2.21. The van der Waals surface area contributed by atoms with Crippen LogP contribution in [-0.4, -0.2) is 10.2 Å². The second-order valence-corrected chi connectivity index (χ2v) is 6.94. The molecule has 0 fully saturated rings. The van der Waals surface area contributed by atoms with Gasteiger partial charge in [0.1, 0.15) is 22.9 Å². The van der Waals surface area contributed by atoms with Gasteiger partial charge in [-0.1, -0.05) is 54.1 Å². The largest absolute Gasteiger partial charge is 0.506 e. The van der Waals surface area contributed by atoms with E-state index in [0.29, 0.717) is 22.8 Å². The zero-order valence-corrected chi connectivity index (χ0v) is 16.1. The Morgan fingerprint density at radius 1 is 0.828 bits per heavy atom. The summed E-state index contributed by atoms with van der Waals surface area (Å²) in [4.78, 5) is 0. The molecule has 0 aliphatic carbocycles. The van der Waals surface area contributed by atoms with Gasteiger partial charge in [-0.2, -0.15) is 0 Å². The monoisotopic (exact) mass is 403 g/mol. The van der Waals surface area contributed by atoms with Gasteiger partial charge in [0, 0.05) is 28.2 Å². The van der Waals surface area contributed by atoms with Crippen LogP contribution in [0.15, 0.2) is 89.1 Å². The molecule has 0 saturated carbocycles. The lowest BCUT2D eigenvalue weighted by atomic mass is 10.0. The number of aromatic hydroxyl groups is 2. The molecule has 0 atom stereocenters. The molecular formula is C23H18ClN3O2. The normalized spacial score (nSPS) is 11.2. The van der Waals surface area contributed by atoms with Gasteiger partial charge in [0.2, 0.25) is 0 Å². The molecule has 0 saturated heterocycles. The Morgan fingerprint density at radius 2 is 1.59 bits per heavy atom. The lowest BCUT2D eigenvalue weighted by molar-refractivity contribution is 0.470. The first-order chi connectivity index (χ1) is 14.1. The van der Waals surface area contributed by atoms with Crippen molar-refractivity contribution in [2.75, 3.05) is 5.32 Å². The van der Waals surface area contributed by atoms with Crippen molar-refractivity contribution < 1.29 is 10.2 Å². The van der Waals surface area contributed by atoms with Crippen molar-refractivity contribution in [3.05, 3.63) is 89.4 Å². The van der Waals surface area contributed by atoms with E-state index >= 15 is 0 Å². The Kier molecular flexibility index (Phi) is 5.31. The van der Waals surface area contributed by atoms with Crippen LogP contribution in [0.2, 0.25) is 5.02 Å². The molecule has 3 N–H and O–H groups in total. The summed E-state index contributed by atoms with van der Waals surface area (Å²) in [6.45, 7) is 0.422. The van der Waals surface area contributed by atoms with E-state index < -0.39 is 0 Å². The highest BCUT2D eigenvalue weighted by Gasteiger charge is 2.13. The maximum atomic E-state index is 10.9. The summed E-state index contributed by atoms with van der Waals surface area (Å²) < 4.78 is 0. The second-order valence-electron chi connectivity index (χ2n) is 6.51. The molecule has 4 aromatic rings. The SMILES string of the molecule is Oc1ccc(Cl)cc1N=Nc1c(O)c(CNc2ccccc2)cc2ccccc12. The third-order valence-corrected chi connectivity index (χ3v) is 4.76. The highest BCUT2D eigenvalue weighted by molar-refractivity contribution is 6.30. The molecule has 4 aromatic carbocycles. The van der Waals surface area contributed by atoms with Gasteiger partial charge in [0.15, 0.2) is 0 Å². The standard InChI is InChI=1S/C23H18ClN3O2/c24-17-10-11-21(28)20(13-17)26-27-22-19-9-5-4-6-15(19)12-16(23(22)29)14-25-18-7-2-1-3-8-18/h1-13,25,28-29H,14H2. The third-order valence-electron chi connectivity index (χ3n) is 4.53. The molecular weight excluding hydrogens is 386 g/mol. The Hall–Kier alpha value is -3.57. The summed E-state index contributed by atoms with van der Waals surface area (Å²) in [5, 5.41) is 34.7. The van der Waals surface area contributed by atoms with Crippen LogP contribution in [0.4, 0.5) is 17.1 Å². The van der Waals surface area contributed by atoms with Crippen molar-refractivity contribution in [3.8, 4) is 11.5 Å². The highest BCUT2D eigenvalue weighted by atomic mass is 35.5. The predicted octanol–water partition coefficient (Wildman–Crippen LogP) is 6.93. The molecule has 29 heavy (non-hydrogen) atoms. The number of nitrogens with one attached hydrogen (secondary N) is 1. The Bertz CT molecular complexity index is 1190. The molecule has 0 aliphatic rings. The summed E-state index contributed by atoms with van der Waals surface area (Å²) in [6, 6.07) is 23.8. The van der Waals surface area contributed by atoms with Gasteiger partial charge in [-0.15, -0.1) is 10.2 Å². The number of hydrogen-bond donors (Lipinski definition) is 3. The van der Waals surface area contributed by atoms with Crippen LogP contribution < -0.4 is 5.32 Å². The summed E-state index contributed by atoms with van der Waals surface area (Å²) in [5.74, 6) is 0.00115. The van der Waals surface area contributed by atoms with Gasteiger partial charge in [0.05, 0.1) is 0 Å². The lowest BCUT2D eigenvalue weighted by Gasteiger charge is -2.12. The summed E-state index contributed by atoms with van der Waals surface area (Å²) in [7, 11) is 0. The summed E-state index contributed by atoms with van der Waals surface area (Å²) >= 11 is 5.98. The predicted molar refractivity (Wildman–Crippen MR) is 117 cm³/mol. The number of rotatable bonds is 5. The van der Waals surface area contributed by atoms with E-state index in [9.17, 15) is 10.2 Å². The first kappa shape index (κ1) is 18.8. The molecule has 5 nitrogen and oxygen atoms in total. The van der Waals surface area contributed by atoms with E-state index in [1.807, 2.05) is 60.7 Å². The number of benzene rings is 4. The third kappa shape index (κ3) is 4.15. The second kappa shape index (κ2) is 8.20. The van der Waals surface area contributed by atoms with E-state index in [1.54, 1.807) is 6.07 Å².